The van der Waals surface area contributed by atoms with Crippen LogP contribution in [0.3, 0.4) is 0 Å². The number of nitrogens with one attached hydrogen (secondary N) is 2. The Balaban J connectivity index is 2.40. The van der Waals surface area contributed by atoms with Gasteiger partial charge in [0.25, 0.3) is 0 Å². The zero-order valence-electron chi connectivity index (χ0n) is 12.2. The molecule has 1 aliphatic heterocycles. The molecule has 3 atom stereocenters. The maximum Gasteiger partial charge on any atom is 0.322 e. The molecule has 1 rings (SSSR count). The second-order valence-corrected chi connectivity index (χ2v) is 5.80. The van der Waals surface area contributed by atoms with Crippen LogP contribution in [-0.4, -0.2) is 37.7 Å². The number of hydrogen-bond donors (Lipinski definition) is 2. The second kappa shape index (κ2) is 7.74. The van der Waals surface area contributed by atoms with Gasteiger partial charge in [0.15, 0.2) is 0 Å². The quantitative estimate of drug-likeness (QED) is 0.681. The molecule has 1 heterocycles. The van der Waals surface area contributed by atoms with Crippen LogP contribution in [0.1, 0.15) is 46.5 Å². The first-order valence-electron chi connectivity index (χ1n) is 7.10. The predicted octanol–water partition coefficient (Wildman–Crippen LogP) is 1.69. The summed E-state index contributed by atoms with van der Waals surface area (Å²) in [6.07, 6.45) is 4.42. The van der Waals surface area contributed by atoms with E-state index in [1.165, 1.54) is 20.0 Å². The Morgan fingerprint density at radius 2 is 2.17 bits per heavy atom. The zero-order valence-corrected chi connectivity index (χ0v) is 12.2. The van der Waals surface area contributed by atoms with E-state index in [2.05, 4.69) is 31.4 Å². The van der Waals surface area contributed by atoms with E-state index in [9.17, 15) is 4.79 Å². The van der Waals surface area contributed by atoms with E-state index < -0.39 is 0 Å². The Bertz CT molecular complexity index is 250. The fraction of sp³-hybridized carbons (Fsp3) is 0.929. The third-order valence-corrected chi connectivity index (χ3v) is 3.48. The summed E-state index contributed by atoms with van der Waals surface area (Å²) in [6.45, 7) is 7.53. The van der Waals surface area contributed by atoms with Gasteiger partial charge < -0.3 is 15.4 Å². The van der Waals surface area contributed by atoms with Gasteiger partial charge in [-0.2, -0.15) is 0 Å². The Labute approximate surface area is 111 Å². The number of ether oxygens (including phenoxy) is 1. The Kier molecular flexibility index (Phi) is 6.65. The largest absolute Gasteiger partial charge is 0.468 e. The third-order valence-electron chi connectivity index (χ3n) is 3.48. The standard InChI is InChI=1S/C14H28N2O2/c1-10(2)8-13(14(17)18-4)16-11(3)9-12-6-5-7-15-12/h10-13,15-16H,5-9H2,1-4H3. The highest BCUT2D eigenvalue weighted by atomic mass is 16.5. The average molecular weight is 256 g/mol. The average Bonchev–Trinajstić information content (AvgIpc) is 2.79. The van der Waals surface area contributed by atoms with Gasteiger partial charge >= 0.3 is 5.97 Å². The van der Waals surface area contributed by atoms with Crippen molar-refractivity contribution in [1.29, 1.82) is 0 Å². The van der Waals surface area contributed by atoms with Crippen LogP contribution in [0.5, 0.6) is 0 Å². The molecule has 1 saturated heterocycles. The number of esters is 1. The molecular weight excluding hydrogens is 228 g/mol. The van der Waals surface area contributed by atoms with Crippen molar-refractivity contribution in [2.24, 2.45) is 5.92 Å². The fourth-order valence-electron chi connectivity index (χ4n) is 2.64. The molecule has 1 fully saturated rings. The summed E-state index contributed by atoms with van der Waals surface area (Å²) in [5, 5.41) is 6.90. The highest BCUT2D eigenvalue weighted by molar-refractivity contribution is 5.75. The molecule has 0 saturated carbocycles. The van der Waals surface area contributed by atoms with E-state index in [-0.39, 0.29) is 12.0 Å². The summed E-state index contributed by atoms with van der Waals surface area (Å²) in [7, 11) is 1.46. The van der Waals surface area contributed by atoms with Crippen molar-refractivity contribution < 1.29 is 9.53 Å². The summed E-state index contributed by atoms with van der Waals surface area (Å²) in [5.41, 5.74) is 0. The van der Waals surface area contributed by atoms with Crippen LogP contribution in [0, 0.1) is 5.92 Å². The third kappa shape index (κ3) is 5.36. The van der Waals surface area contributed by atoms with Gasteiger partial charge in [-0.05, 0) is 45.1 Å². The van der Waals surface area contributed by atoms with Crippen LogP contribution >= 0.6 is 0 Å². The Morgan fingerprint density at radius 3 is 2.67 bits per heavy atom. The van der Waals surface area contributed by atoms with Crippen LogP contribution in [0.25, 0.3) is 0 Å². The molecule has 0 aromatic rings. The van der Waals surface area contributed by atoms with Crippen LogP contribution < -0.4 is 10.6 Å². The first-order chi connectivity index (χ1) is 8.52. The molecule has 106 valence electrons. The van der Waals surface area contributed by atoms with E-state index in [0.717, 1.165) is 19.4 Å². The summed E-state index contributed by atoms with van der Waals surface area (Å²) >= 11 is 0. The van der Waals surface area contributed by atoms with Gasteiger partial charge in [-0.1, -0.05) is 13.8 Å². The number of hydrogen-bond acceptors (Lipinski definition) is 4. The lowest BCUT2D eigenvalue weighted by molar-refractivity contribution is -0.143. The van der Waals surface area contributed by atoms with Crippen molar-refractivity contribution in [3.05, 3.63) is 0 Å². The van der Waals surface area contributed by atoms with E-state index in [1.807, 2.05) is 0 Å². The zero-order chi connectivity index (χ0) is 13.5. The summed E-state index contributed by atoms with van der Waals surface area (Å²) in [5.74, 6) is 0.341. The lowest BCUT2D eigenvalue weighted by Gasteiger charge is -2.24. The smallest absolute Gasteiger partial charge is 0.322 e. The maximum absolute atomic E-state index is 11.7. The molecule has 4 nitrogen and oxygen atoms in total. The molecule has 1 aliphatic rings. The normalized spacial score (nSPS) is 23.1. The van der Waals surface area contributed by atoms with Gasteiger partial charge in [0.1, 0.15) is 6.04 Å². The number of methoxy groups -OCH3 is 1. The molecule has 0 radical (unpaired) electrons. The van der Waals surface area contributed by atoms with Crippen LogP contribution in [0.4, 0.5) is 0 Å². The Hall–Kier alpha value is -0.610. The summed E-state index contributed by atoms with van der Waals surface area (Å²) in [4.78, 5) is 11.7. The van der Waals surface area contributed by atoms with E-state index >= 15 is 0 Å². The van der Waals surface area contributed by atoms with Crippen molar-refractivity contribution in [2.45, 2.75) is 64.6 Å². The van der Waals surface area contributed by atoms with Crippen molar-refractivity contribution in [3.63, 3.8) is 0 Å². The number of carbonyl (C=O) groups excluding carboxylic acids is 1. The number of carbonyl (C=O) groups is 1. The first-order valence-corrected chi connectivity index (χ1v) is 7.10. The summed E-state index contributed by atoms with van der Waals surface area (Å²) < 4.78 is 4.87. The van der Waals surface area contributed by atoms with E-state index in [1.54, 1.807) is 0 Å². The first kappa shape index (κ1) is 15.4. The summed E-state index contributed by atoms with van der Waals surface area (Å²) in [6, 6.07) is 0.764. The molecule has 0 amide bonds. The highest BCUT2D eigenvalue weighted by Crippen LogP contribution is 2.13. The SMILES string of the molecule is COC(=O)C(CC(C)C)NC(C)CC1CCCN1. The van der Waals surface area contributed by atoms with Gasteiger partial charge in [-0.25, -0.2) is 0 Å². The predicted molar refractivity (Wildman–Crippen MR) is 73.5 cm³/mol. The molecule has 4 heteroatoms. The minimum Gasteiger partial charge on any atom is -0.468 e. The van der Waals surface area contributed by atoms with E-state index in [0.29, 0.717) is 18.0 Å². The topological polar surface area (TPSA) is 50.4 Å². The van der Waals surface area contributed by atoms with Gasteiger partial charge in [0.2, 0.25) is 0 Å². The van der Waals surface area contributed by atoms with Gasteiger partial charge in [0.05, 0.1) is 7.11 Å². The molecule has 0 aromatic heterocycles. The minimum atomic E-state index is -0.175. The maximum atomic E-state index is 11.7. The highest BCUT2D eigenvalue weighted by Gasteiger charge is 2.24. The van der Waals surface area contributed by atoms with Gasteiger partial charge in [0, 0.05) is 12.1 Å². The lowest BCUT2D eigenvalue weighted by atomic mass is 10.0. The minimum absolute atomic E-state index is 0.144. The van der Waals surface area contributed by atoms with Gasteiger partial charge in [-0.15, -0.1) is 0 Å². The molecule has 2 N–H and O–H groups in total. The van der Waals surface area contributed by atoms with Crippen molar-refractivity contribution >= 4 is 5.97 Å². The molecule has 0 aromatic carbocycles. The molecule has 0 bridgehead atoms. The van der Waals surface area contributed by atoms with Gasteiger partial charge in [-0.3, -0.25) is 4.79 Å². The second-order valence-electron chi connectivity index (χ2n) is 5.80. The van der Waals surface area contributed by atoms with E-state index in [4.69, 9.17) is 4.74 Å². The van der Waals surface area contributed by atoms with Crippen LogP contribution in [0.15, 0.2) is 0 Å². The van der Waals surface area contributed by atoms with Crippen molar-refractivity contribution in [3.8, 4) is 0 Å². The number of rotatable bonds is 7. The van der Waals surface area contributed by atoms with Crippen molar-refractivity contribution in [1.82, 2.24) is 10.6 Å². The Morgan fingerprint density at radius 1 is 1.44 bits per heavy atom. The monoisotopic (exact) mass is 256 g/mol. The molecule has 0 aliphatic carbocycles. The molecule has 3 unspecified atom stereocenters. The van der Waals surface area contributed by atoms with Crippen LogP contribution in [0.2, 0.25) is 0 Å². The molecule has 0 spiro atoms. The van der Waals surface area contributed by atoms with Crippen LogP contribution in [-0.2, 0) is 9.53 Å². The fourth-order valence-corrected chi connectivity index (χ4v) is 2.64. The molecule has 18 heavy (non-hydrogen) atoms. The lowest BCUT2D eigenvalue weighted by Crippen LogP contribution is -2.45. The molecular formula is C14H28N2O2. The van der Waals surface area contributed by atoms with Crippen molar-refractivity contribution in [2.75, 3.05) is 13.7 Å².